The molecular formula is C17H14ClF3N4O2S. The van der Waals surface area contributed by atoms with E-state index in [2.05, 4.69) is 15.5 Å². The molecule has 0 aliphatic rings. The number of hydrogen-bond donors (Lipinski definition) is 1. The summed E-state index contributed by atoms with van der Waals surface area (Å²) in [6, 6.07) is 10.6. The number of hydrogen-bond acceptors (Lipinski definition) is 5. The van der Waals surface area contributed by atoms with Gasteiger partial charge in [0, 0.05) is 17.6 Å². The highest BCUT2D eigenvalue weighted by Crippen LogP contribution is 2.29. The number of furan rings is 1. The smallest absolute Gasteiger partial charge is 0.451 e. The maximum absolute atomic E-state index is 12.7. The topological polar surface area (TPSA) is 73.0 Å². The van der Waals surface area contributed by atoms with Crippen molar-refractivity contribution in [2.24, 2.45) is 7.05 Å². The van der Waals surface area contributed by atoms with Crippen molar-refractivity contribution in [2.75, 3.05) is 5.75 Å². The molecule has 0 spiro atoms. The van der Waals surface area contributed by atoms with E-state index in [1.165, 1.54) is 7.05 Å². The molecule has 1 amide bonds. The summed E-state index contributed by atoms with van der Waals surface area (Å²) in [5, 5.41) is 9.84. The van der Waals surface area contributed by atoms with Gasteiger partial charge in [-0.1, -0.05) is 23.4 Å². The first-order valence-electron chi connectivity index (χ1n) is 7.95. The third-order valence-electron chi connectivity index (χ3n) is 3.67. The number of nitrogens with zero attached hydrogens (tertiary/aromatic N) is 3. The highest BCUT2D eigenvalue weighted by Gasteiger charge is 2.37. The Morgan fingerprint density at radius 3 is 2.57 bits per heavy atom. The number of amides is 1. The average Bonchev–Trinajstić information content (AvgIpc) is 3.25. The van der Waals surface area contributed by atoms with Crippen molar-refractivity contribution in [3.63, 3.8) is 0 Å². The third-order valence-corrected chi connectivity index (χ3v) is 4.94. The highest BCUT2D eigenvalue weighted by atomic mass is 35.5. The predicted octanol–water partition coefficient (Wildman–Crippen LogP) is 4.16. The minimum atomic E-state index is -4.59. The monoisotopic (exact) mass is 430 g/mol. The van der Waals surface area contributed by atoms with Crippen LogP contribution in [0.4, 0.5) is 13.2 Å². The van der Waals surface area contributed by atoms with E-state index in [0.29, 0.717) is 16.5 Å². The summed E-state index contributed by atoms with van der Waals surface area (Å²) in [5.41, 5.74) is 0.847. The zero-order valence-corrected chi connectivity index (χ0v) is 16.0. The second-order valence-electron chi connectivity index (χ2n) is 5.70. The molecule has 3 rings (SSSR count). The van der Waals surface area contributed by atoms with E-state index in [1.807, 2.05) is 12.1 Å². The molecule has 0 unspecified atom stereocenters. The molecule has 148 valence electrons. The summed E-state index contributed by atoms with van der Waals surface area (Å²) in [7, 11) is 1.20. The molecule has 0 saturated carbocycles. The number of rotatable bonds is 6. The van der Waals surface area contributed by atoms with E-state index in [0.717, 1.165) is 21.9 Å². The number of thioether (sulfide) groups is 1. The number of aromatic nitrogens is 3. The molecule has 1 aromatic carbocycles. The van der Waals surface area contributed by atoms with Crippen LogP contribution in [0.3, 0.4) is 0 Å². The molecule has 0 saturated heterocycles. The summed E-state index contributed by atoms with van der Waals surface area (Å²) in [6.07, 6.45) is -4.59. The first-order chi connectivity index (χ1) is 13.2. The predicted molar refractivity (Wildman–Crippen MR) is 97.7 cm³/mol. The van der Waals surface area contributed by atoms with E-state index >= 15 is 0 Å². The van der Waals surface area contributed by atoms with Crippen molar-refractivity contribution in [2.45, 2.75) is 17.9 Å². The molecule has 0 aliphatic carbocycles. The first kappa shape index (κ1) is 20.3. The second kappa shape index (κ2) is 8.27. The Labute approximate surface area is 167 Å². The zero-order chi connectivity index (χ0) is 20.3. The molecule has 11 heteroatoms. The third kappa shape index (κ3) is 4.87. The lowest BCUT2D eigenvalue weighted by molar-refractivity contribution is -0.147. The van der Waals surface area contributed by atoms with Gasteiger partial charge in [0.1, 0.15) is 11.5 Å². The number of carbonyl (C=O) groups excluding carboxylic acids is 1. The maximum Gasteiger partial charge on any atom is 0.451 e. The second-order valence-corrected chi connectivity index (χ2v) is 7.08. The fraction of sp³-hybridized carbons (Fsp3) is 0.235. The lowest BCUT2D eigenvalue weighted by Crippen LogP contribution is -2.24. The van der Waals surface area contributed by atoms with Gasteiger partial charge >= 0.3 is 6.18 Å². The SMILES string of the molecule is Cn1c(SCC(=O)NCc2ccc(-c3ccc(Cl)cc3)o2)nnc1C(F)(F)F. The van der Waals surface area contributed by atoms with Crippen LogP contribution in [0.2, 0.25) is 5.02 Å². The van der Waals surface area contributed by atoms with Crippen molar-refractivity contribution in [3.05, 3.63) is 53.0 Å². The Morgan fingerprint density at radius 2 is 1.93 bits per heavy atom. The molecule has 0 aliphatic heterocycles. The van der Waals surface area contributed by atoms with Crippen molar-refractivity contribution in [1.29, 1.82) is 0 Å². The lowest BCUT2D eigenvalue weighted by Gasteiger charge is -2.06. The van der Waals surface area contributed by atoms with Gasteiger partial charge in [-0.2, -0.15) is 13.2 Å². The normalized spacial score (nSPS) is 11.6. The Kier molecular flexibility index (Phi) is 5.99. The van der Waals surface area contributed by atoms with Crippen LogP contribution < -0.4 is 5.32 Å². The largest absolute Gasteiger partial charge is 0.459 e. The van der Waals surface area contributed by atoms with E-state index in [9.17, 15) is 18.0 Å². The van der Waals surface area contributed by atoms with Crippen molar-refractivity contribution >= 4 is 29.3 Å². The Hall–Kier alpha value is -2.46. The molecule has 0 radical (unpaired) electrons. The molecule has 3 aromatic rings. The summed E-state index contributed by atoms with van der Waals surface area (Å²) in [5.74, 6) is -0.406. The van der Waals surface area contributed by atoms with Crippen LogP contribution in [0.15, 0.2) is 46.0 Å². The van der Waals surface area contributed by atoms with Gasteiger partial charge in [-0.15, -0.1) is 10.2 Å². The first-order valence-corrected chi connectivity index (χ1v) is 9.31. The highest BCUT2D eigenvalue weighted by molar-refractivity contribution is 7.99. The number of carbonyl (C=O) groups is 1. The zero-order valence-electron chi connectivity index (χ0n) is 14.5. The summed E-state index contributed by atoms with van der Waals surface area (Å²) >= 11 is 6.72. The lowest BCUT2D eigenvalue weighted by atomic mass is 10.2. The standard InChI is InChI=1S/C17H14ClF3N4O2S/c1-25-15(17(19,20)21)23-24-16(25)28-9-14(26)22-8-12-6-7-13(27-12)10-2-4-11(18)5-3-10/h2-7H,8-9H2,1H3,(H,22,26). The molecule has 1 N–H and O–H groups in total. The van der Waals surface area contributed by atoms with Gasteiger partial charge in [-0.3, -0.25) is 4.79 Å². The van der Waals surface area contributed by atoms with Gasteiger partial charge < -0.3 is 14.3 Å². The van der Waals surface area contributed by atoms with Crippen LogP contribution in [0.5, 0.6) is 0 Å². The molecule has 28 heavy (non-hydrogen) atoms. The Balaban J connectivity index is 1.51. The Bertz CT molecular complexity index is 970. The van der Waals surface area contributed by atoms with Crippen LogP contribution in [-0.2, 0) is 24.6 Å². The minimum Gasteiger partial charge on any atom is -0.459 e. The fourth-order valence-corrected chi connectivity index (χ4v) is 3.16. The summed E-state index contributed by atoms with van der Waals surface area (Å²) in [6.45, 7) is 0.152. The maximum atomic E-state index is 12.7. The Morgan fingerprint density at radius 1 is 1.21 bits per heavy atom. The molecule has 0 atom stereocenters. The van der Waals surface area contributed by atoms with Gasteiger partial charge in [0.05, 0.1) is 12.3 Å². The van der Waals surface area contributed by atoms with Crippen molar-refractivity contribution in [3.8, 4) is 11.3 Å². The van der Waals surface area contributed by atoms with Crippen molar-refractivity contribution in [1.82, 2.24) is 20.1 Å². The quantitative estimate of drug-likeness (QED) is 0.594. The van der Waals surface area contributed by atoms with Crippen LogP contribution in [-0.4, -0.2) is 26.4 Å². The van der Waals surface area contributed by atoms with E-state index in [-0.39, 0.29) is 23.4 Å². The summed E-state index contributed by atoms with van der Waals surface area (Å²) in [4.78, 5) is 12.0. The van der Waals surface area contributed by atoms with Crippen LogP contribution in [0, 0.1) is 0 Å². The number of nitrogens with one attached hydrogen (secondary N) is 1. The molecule has 0 bridgehead atoms. The molecular weight excluding hydrogens is 417 g/mol. The van der Waals surface area contributed by atoms with Crippen LogP contribution >= 0.6 is 23.4 Å². The number of halogens is 4. The van der Waals surface area contributed by atoms with Gasteiger partial charge in [0.25, 0.3) is 0 Å². The van der Waals surface area contributed by atoms with E-state index in [4.69, 9.17) is 16.0 Å². The minimum absolute atomic E-state index is 0.00509. The summed E-state index contributed by atoms with van der Waals surface area (Å²) < 4.78 is 44.5. The molecule has 0 fully saturated rings. The van der Waals surface area contributed by atoms with Crippen LogP contribution in [0.25, 0.3) is 11.3 Å². The van der Waals surface area contributed by atoms with Crippen molar-refractivity contribution < 1.29 is 22.4 Å². The number of benzene rings is 1. The molecule has 2 heterocycles. The van der Waals surface area contributed by atoms with Gasteiger partial charge in [-0.25, -0.2) is 0 Å². The van der Waals surface area contributed by atoms with E-state index in [1.54, 1.807) is 24.3 Å². The number of alkyl halides is 3. The van der Waals surface area contributed by atoms with Gasteiger partial charge in [0.2, 0.25) is 11.7 Å². The average molecular weight is 431 g/mol. The van der Waals surface area contributed by atoms with Crippen LogP contribution in [0.1, 0.15) is 11.6 Å². The van der Waals surface area contributed by atoms with E-state index < -0.39 is 12.0 Å². The molecule has 2 aromatic heterocycles. The van der Waals surface area contributed by atoms with Gasteiger partial charge in [-0.05, 0) is 36.4 Å². The molecule has 6 nitrogen and oxygen atoms in total. The fourth-order valence-electron chi connectivity index (χ4n) is 2.30. The van der Waals surface area contributed by atoms with Gasteiger partial charge in [0.15, 0.2) is 5.16 Å².